The minimum Gasteiger partial charge on any atom is -0.452 e. The molecule has 4 nitrogen and oxygen atoms in total. The number of anilines is 1. The third kappa shape index (κ3) is 3.84. The second-order valence-corrected chi connectivity index (χ2v) is 6.11. The van der Waals surface area contributed by atoms with Crippen molar-refractivity contribution in [1.82, 2.24) is 0 Å². The van der Waals surface area contributed by atoms with Crippen LogP contribution in [0.3, 0.4) is 0 Å². The molecule has 1 amide bonds. The maximum absolute atomic E-state index is 12.5. The molecule has 1 aliphatic rings. The second kappa shape index (κ2) is 6.29. The molecular formula is C17H23NO3. The number of hydrogen-bond donors (Lipinski definition) is 1. The van der Waals surface area contributed by atoms with Gasteiger partial charge in [-0.05, 0) is 37.8 Å². The van der Waals surface area contributed by atoms with Crippen LogP contribution < -0.4 is 5.32 Å². The molecule has 0 radical (unpaired) electrons. The van der Waals surface area contributed by atoms with E-state index >= 15 is 0 Å². The number of para-hydroxylation sites is 1. The molecule has 0 aromatic heterocycles. The highest BCUT2D eigenvalue weighted by Crippen LogP contribution is 2.35. The molecule has 114 valence electrons. The Morgan fingerprint density at radius 1 is 1.19 bits per heavy atom. The van der Waals surface area contributed by atoms with Crippen LogP contribution in [0.1, 0.15) is 37.8 Å². The minimum absolute atomic E-state index is 0.164. The van der Waals surface area contributed by atoms with Crippen LogP contribution in [0.5, 0.6) is 0 Å². The summed E-state index contributed by atoms with van der Waals surface area (Å²) in [5, 5.41) is 2.93. The fourth-order valence-electron chi connectivity index (χ4n) is 2.23. The Balaban J connectivity index is 2.11. The van der Waals surface area contributed by atoms with Crippen molar-refractivity contribution in [2.24, 2.45) is 11.8 Å². The summed E-state index contributed by atoms with van der Waals surface area (Å²) in [4.78, 5) is 24.2. The SMILES string of the molecule is Cc1cccc(C)c1NC(=O)C(OC(=O)C(C)C)C1CC1. The predicted octanol–water partition coefficient (Wildman–Crippen LogP) is 3.22. The maximum atomic E-state index is 12.5. The van der Waals surface area contributed by atoms with Gasteiger partial charge in [-0.1, -0.05) is 32.0 Å². The number of aryl methyl sites for hydroxylation is 2. The zero-order valence-electron chi connectivity index (χ0n) is 13.1. The molecule has 1 saturated carbocycles. The molecular weight excluding hydrogens is 266 g/mol. The topological polar surface area (TPSA) is 55.4 Å². The molecule has 21 heavy (non-hydrogen) atoms. The van der Waals surface area contributed by atoms with Crippen LogP contribution in [0.25, 0.3) is 0 Å². The molecule has 1 aromatic rings. The number of benzene rings is 1. The highest BCUT2D eigenvalue weighted by Gasteiger charge is 2.39. The molecule has 1 aliphatic carbocycles. The molecule has 0 aliphatic heterocycles. The van der Waals surface area contributed by atoms with Gasteiger partial charge in [0.15, 0.2) is 6.10 Å². The summed E-state index contributed by atoms with van der Waals surface area (Å²) in [6.07, 6.45) is 1.21. The molecule has 1 fully saturated rings. The van der Waals surface area contributed by atoms with Crippen molar-refractivity contribution in [2.75, 3.05) is 5.32 Å². The summed E-state index contributed by atoms with van der Waals surface area (Å²) >= 11 is 0. The van der Waals surface area contributed by atoms with E-state index in [9.17, 15) is 9.59 Å². The number of rotatable bonds is 5. The first-order valence-corrected chi connectivity index (χ1v) is 7.47. The van der Waals surface area contributed by atoms with Crippen molar-refractivity contribution in [1.29, 1.82) is 0 Å². The molecule has 1 unspecified atom stereocenters. The lowest BCUT2D eigenvalue weighted by Gasteiger charge is -2.20. The highest BCUT2D eigenvalue weighted by atomic mass is 16.5. The smallest absolute Gasteiger partial charge is 0.309 e. The largest absolute Gasteiger partial charge is 0.452 e. The van der Waals surface area contributed by atoms with Crippen molar-refractivity contribution in [3.63, 3.8) is 0 Å². The van der Waals surface area contributed by atoms with Crippen LogP contribution in [0.2, 0.25) is 0 Å². The van der Waals surface area contributed by atoms with Gasteiger partial charge in [0, 0.05) is 11.6 Å². The predicted molar refractivity (Wildman–Crippen MR) is 82.0 cm³/mol. The van der Waals surface area contributed by atoms with E-state index in [2.05, 4.69) is 5.32 Å². The monoisotopic (exact) mass is 289 g/mol. The molecule has 0 saturated heterocycles. The van der Waals surface area contributed by atoms with Gasteiger partial charge >= 0.3 is 5.97 Å². The van der Waals surface area contributed by atoms with E-state index in [1.54, 1.807) is 13.8 Å². The Kier molecular flexibility index (Phi) is 4.66. The Bertz CT molecular complexity index is 527. The molecule has 1 N–H and O–H groups in total. The fourth-order valence-corrected chi connectivity index (χ4v) is 2.23. The quantitative estimate of drug-likeness (QED) is 0.847. The van der Waals surface area contributed by atoms with Gasteiger partial charge in [-0.3, -0.25) is 9.59 Å². The number of carbonyl (C=O) groups is 2. The number of ether oxygens (including phenoxy) is 1. The first-order chi connectivity index (χ1) is 9.90. The van der Waals surface area contributed by atoms with Crippen LogP contribution in [0.15, 0.2) is 18.2 Å². The number of carbonyl (C=O) groups excluding carboxylic acids is 2. The number of nitrogens with one attached hydrogen (secondary N) is 1. The van der Waals surface area contributed by atoms with Crippen molar-refractivity contribution in [2.45, 2.75) is 46.6 Å². The van der Waals surface area contributed by atoms with Crippen LogP contribution >= 0.6 is 0 Å². The lowest BCUT2D eigenvalue weighted by Crippen LogP contribution is -2.35. The van der Waals surface area contributed by atoms with Crippen LogP contribution in [0.4, 0.5) is 5.69 Å². The Morgan fingerprint density at radius 3 is 2.24 bits per heavy atom. The molecule has 0 spiro atoms. The standard InChI is InChI=1S/C17H23NO3/c1-10(2)17(20)21-15(13-8-9-13)16(19)18-14-11(3)6-5-7-12(14)4/h5-7,10,13,15H,8-9H2,1-4H3,(H,18,19). The average Bonchev–Trinajstić information content (AvgIpc) is 3.24. The molecule has 4 heteroatoms. The van der Waals surface area contributed by atoms with Crippen molar-refractivity contribution in [3.8, 4) is 0 Å². The van der Waals surface area contributed by atoms with Crippen molar-refractivity contribution in [3.05, 3.63) is 29.3 Å². The summed E-state index contributed by atoms with van der Waals surface area (Å²) in [6, 6.07) is 5.86. The first-order valence-electron chi connectivity index (χ1n) is 7.47. The maximum Gasteiger partial charge on any atom is 0.309 e. The third-order valence-electron chi connectivity index (χ3n) is 3.75. The van der Waals surface area contributed by atoms with E-state index in [0.717, 1.165) is 29.7 Å². The van der Waals surface area contributed by atoms with Gasteiger partial charge in [0.1, 0.15) is 0 Å². The van der Waals surface area contributed by atoms with E-state index in [-0.39, 0.29) is 23.7 Å². The van der Waals surface area contributed by atoms with Gasteiger partial charge in [-0.2, -0.15) is 0 Å². The summed E-state index contributed by atoms with van der Waals surface area (Å²) in [6.45, 7) is 7.45. The number of amides is 1. The zero-order chi connectivity index (χ0) is 15.6. The molecule has 0 bridgehead atoms. The zero-order valence-corrected chi connectivity index (χ0v) is 13.1. The van der Waals surface area contributed by atoms with Gasteiger partial charge in [0.2, 0.25) is 0 Å². The molecule has 2 rings (SSSR count). The Hall–Kier alpha value is -1.84. The fraction of sp³-hybridized carbons (Fsp3) is 0.529. The summed E-state index contributed by atoms with van der Waals surface area (Å²) < 4.78 is 5.40. The van der Waals surface area contributed by atoms with E-state index in [1.165, 1.54) is 0 Å². The normalized spacial score (nSPS) is 15.7. The molecule has 1 atom stereocenters. The van der Waals surface area contributed by atoms with Gasteiger partial charge < -0.3 is 10.1 Å². The molecule has 0 heterocycles. The van der Waals surface area contributed by atoms with Gasteiger partial charge in [0.25, 0.3) is 5.91 Å². The summed E-state index contributed by atoms with van der Waals surface area (Å²) in [5.74, 6) is -0.594. The number of hydrogen-bond acceptors (Lipinski definition) is 3. The van der Waals surface area contributed by atoms with E-state index in [4.69, 9.17) is 4.74 Å². The summed E-state index contributed by atoms with van der Waals surface area (Å²) in [7, 11) is 0. The van der Waals surface area contributed by atoms with Crippen LogP contribution in [-0.2, 0) is 14.3 Å². The van der Waals surface area contributed by atoms with Gasteiger partial charge in [-0.15, -0.1) is 0 Å². The van der Waals surface area contributed by atoms with Crippen molar-refractivity contribution < 1.29 is 14.3 Å². The average molecular weight is 289 g/mol. The Morgan fingerprint density at radius 2 is 1.76 bits per heavy atom. The van der Waals surface area contributed by atoms with Gasteiger partial charge in [-0.25, -0.2) is 0 Å². The van der Waals surface area contributed by atoms with Crippen LogP contribution in [-0.4, -0.2) is 18.0 Å². The second-order valence-electron chi connectivity index (χ2n) is 6.11. The van der Waals surface area contributed by atoms with E-state index in [1.807, 2.05) is 32.0 Å². The number of esters is 1. The first kappa shape index (κ1) is 15.5. The summed E-state index contributed by atoms with van der Waals surface area (Å²) in [5.41, 5.74) is 2.83. The van der Waals surface area contributed by atoms with Gasteiger partial charge in [0.05, 0.1) is 5.92 Å². The Labute approximate surface area is 125 Å². The van der Waals surface area contributed by atoms with Crippen LogP contribution in [0, 0.1) is 25.7 Å². The van der Waals surface area contributed by atoms with Crippen molar-refractivity contribution >= 4 is 17.6 Å². The van der Waals surface area contributed by atoms with E-state index < -0.39 is 6.10 Å². The third-order valence-corrected chi connectivity index (χ3v) is 3.75. The lowest BCUT2D eigenvalue weighted by atomic mass is 10.1. The minimum atomic E-state index is -0.668. The molecule has 1 aromatic carbocycles. The highest BCUT2D eigenvalue weighted by molar-refractivity contribution is 5.97. The van der Waals surface area contributed by atoms with E-state index in [0.29, 0.717) is 0 Å². The lowest BCUT2D eigenvalue weighted by molar-refractivity contribution is -0.158.